The van der Waals surface area contributed by atoms with Crippen LogP contribution in [0, 0.1) is 0 Å². The van der Waals surface area contributed by atoms with Crippen LogP contribution in [0.1, 0.15) is 6.42 Å². The van der Waals surface area contributed by atoms with Gasteiger partial charge in [0.2, 0.25) is 5.91 Å². The molecule has 0 aliphatic carbocycles. The molecular formula is C13H14ClN3O2S. The summed E-state index contributed by atoms with van der Waals surface area (Å²) < 4.78 is 7.12. The molecule has 2 aromatic rings. The number of ether oxygens (including phenoxy) is 1. The van der Waals surface area contributed by atoms with E-state index in [0.717, 1.165) is 0 Å². The zero-order chi connectivity index (χ0) is 14.4. The van der Waals surface area contributed by atoms with Crippen LogP contribution in [-0.4, -0.2) is 21.4 Å². The number of halogens is 1. The molecule has 1 heterocycles. The number of carbonyl (C=O) groups excluding carboxylic acids is 1. The standard InChI is InChI=1S/C13H14ClN3O2S/c14-10-1-3-12(4-2-10)19-9-17-8-11(7-15-17)16-13(18)5-6-20/h1-4,7-8,20H,5-6,9H2,(H,16,18). The van der Waals surface area contributed by atoms with E-state index in [9.17, 15) is 4.79 Å². The van der Waals surface area contributed by atoms with Gasteiger partial charge in [-0.15, -0.1) is 0 Å². The Morgan fingerprint density at radius 2 is 2.15 bits per heavy atom. The van der Waals surface area contributed by atoms with Crippen molar-refractivity contribution in [3.8, 4) is 5.75 Å². The van der Waals surface area contributed by atoms with E-state index in [4.69, 9.17) is 16.3 Å². The van der Waals surface area contributed by atoms with Crippen LogP contribution in [0.3, 0.4) is 0 Å². The second kappa shape index (κ2) is 7.21. The number of nitrogens with zero attached hydrogens (tertiary/aromatic N) is 2. The molecule has 0 unspecified atom stereocenters. The third-order valence-electron chi connectivity index (χ3n) is 2.43. The highest BCUT2D eigenvalue weighted by Crippen LogP contribution is 2.16. The molecule has 7 heteroatoms. The zero-order valence-corrected chi connectivity index (χ0v) is 12.3. The molecule has 0 atom stereocenters. The van der Waals surface area contributed by atoms with E-state index in [0.29, 0.717) is 28.6 Å². The molecule has 1 aromatic heterocycles. The second-order valence-corrected chi connectivity index (χ2v) is 4.90. The number of hydrogen-bond acceptors (Lipinski definition) is 4. The Balaban J connectivity index is 1.86. The predicted molar refractivity (Wildman–Crippen MR) is 81.4 cm³/mol. The van der Waals surface area contributed by atoms with Gasteiger partial charge in [0, 0.05) is 11.4 Å². The van der Waals surface area contributed by atoms with Crippen LogP contribution in [0.25, 0.3) is 0 Å². The zero-order valence-electron chi connectivity index (χ0n) is 10.6. The molecule has 1 aromatic carbocycles. The van der Waals surface area contributed by atoms with Crippen molar-refractivity contribution in [2.24, 2.45) is 0 Å². The first-order valence-electron chi connectivity index (χ1n) is 5.99. The lowest BCUT2D eigenvalue weighted by molar-refractivity contribution is -0.115. The SMILES string of the molecule is O=C(CCS)Nc1cnn(COc2ccc(Cl)cc2)c1. The Hall–Kier alpha value is -1.66. The van der Waals surface area contributed by atoms with Crippen molar-refractivity contribution in [2.75, 3.05) is 11.1 Å². The molecule has 0 radical (unpaired) electrons. The molecule has 5 nitrogen and oxygen atoms in total. The molecular weight excluding hydrogens is 298 g/mol. The maximum atomic E-state index is 11.4. The van der Waals surface area contributed by atoms with Crippen molar-refractivity contribution in [2.45, 2.75) is 13.2 Å². The number of benzene rings is 1. The van der Waals surface area contributed by atoms with Crippen LogP contribution < -0.4 is 10.1 Å². The average Bonchev–Trinajstić information content (AvgIpc) is 2.86. The van der Waals surface area contributed by atoms with Gasteiger partial charge < -0.3 is 10.1 Å². The van der Waals surface area contributed by atoms with E-state index in [1.165, 1.54) is 0 Å². The number of thiol groups is 1. The average molecular weight is 312 g/mol. The summed E-state index contributed by atoms with van der Waals surface area (Å²) >= 11 is 9.79. The van der Waals surface area contributed by atoms with Crippen molar-refractivity contribution in [1.29, 1.82) is 0 Å². The van der Waals surface area contributed by atoms with Crippen LogP contribution in [0.5, 0.6) is 5.75 Å². The van der Waals surface area contributed by atoms with Crippen LogP contribution >= 0.6 is 24.2 Å². The Morgan fingerprint density at radius 1 is 1.40 bits per heavy atom. The highest BCUT2D eigenvalue weighted by molar-refractivity contribution is 7.80. The third-order valence-corrected chi connectivity index (χ3v) is 2.91. The van der Waals surface area contributed by atoms with Crippen molar-refractivity contribution < 1.29 is 9.53 Å². The topological polar surface area (TPSA) is 56.2 Å². The number of aromatic nitrogens is 2. The number of anilines is 1. The first-order chi connectivity index (χ1) is 9.67. The van der Waals surface area contributed by atoms with E-state index < -0.39 is 0 Å². The predicted octanol–water partition coefficient (Wildman–Crippen LogP) is 2.83. The highest BCUT2D eigenvalue weighted by atomic mass is 35.5. The highest BCUT2D eigenvalue weighted by Gasteiger charge is 2.04. The van der Waals surface area contributed by atoms with Gasteiger partial charge >= 0.3 is 0 Å². The summed E-state index contributed by atoms with van der Waals surface area (Å²) in [6.45, 7) is 0.254. The van der Waals surface area contributed by atoms with Crippen LogP contribution in [0.4, 0.5) is 5.69 Å². The van der Waals surface area contributed by atoms with Crippen LogP contribution in [0.2, 0.25) is 5.02 Å². The largest absolute Gasteiger partial charge is 0.471 e. The molecule has 0 aliphatic heterocycles. The number of amides is 1. The lowest BCUT2D eigenvalue weighted by Crippen LogP contribution is -2.11. The molecule has 1 amide bonds. The Bertz CT molecular complexity index is 571. The molecule has 0 saturated heterocycles. The van der Waals surface area contributed by atoms with E-state index in [1.807, 2.05) is 0 Å². The lowest BCUT2D eigenvalue weighted by atomic mass is 10.3. The number of rotatable bonds is 6. The van der Waals surface area contributed by atoms with E-state index >= 15 is 0 Å². The summed E-state index contributed by atoms with van der Waals surface area (Å²) in [5.41, 5.74) is 0.636. The normalized spacial score (nSPS) is 10.3. The minimum absolute atomic E-state index is 0.0850. The molecule has 0 fully saturated rings. The summed E-state index contributed by atoms with van der Waals surface area (Å²) in [6, 6.07) is 7.06. The fourth-order valence-corrected chi connectivity index (χ4v) is 1.82. The Morgan fingerprint density at radius 3 is 2.85 bits per heavy atom. The van der Waals surface area contributed by atoms with E-state index in [1.54, 1.807) is 41.3 Å². The molecule has 20 heavy (non-hydrogen) atoms. The first-order valence-corrected chi connectivity index (χ1v) is 7.00. The second-order valence-electron chi connectivity index (χ2n) is 4.02. The fraction of sp³-hybridized carbons (Fsp3) is 0.231. The summed E-state index contributed by atoms with van der Waals surface area (Å²) in [5, 5.41) is 7.48. The van der Waals surface area contributed by atoms with Crippen molar-refractivity contribution in [3.05, 3.63) is 41.7 Å². The molecule has 106 valence electrons. The number of hydrogen-bond donors (Lipinski definition) is 2. The van der Waals surface area contributed by atoms with E-state index in [2.05, 4.69) is 23.0 Å². The van der Waals surface area contributed by atoms with Gasteiger partial charge in [0.15, 0.2) is 6.73 Å². The summed E-state index contributed by atoms with van der Waals surface area (Å²) in [4.78, 5) is 11.4. The minimum atomic E-state index is -0.0850. The van der Waals surface area contributed by atoms with Gasteiger partial charge in [-0.25, -0.2) is 4.68 Å². The smallest absolute Gasteiger partial charge is 0.225 e. The van der Waals surface area contributed by atoms with Crippen LogP contribution in [-0.2, 0) is 11.5 Å². The van der Waals surface area contributed by atoms with Gasteiger partial charge in [-0.3, -0.25) is 4.79 Å². The van der Waals surface area contributed by atoms with Gasteiger partial charge in [0.05, 0.1) is 18.1 Å². The summed E-state index contributed by atoms with van der Waals surface area (Å²) in [7, 11) is 0. The molecule has 0 saturated carbocycles. The summed E-state index contributed by atoms with van der Waals surface area (Å²) in [5.74, 6) is 1.13. The van der Waals surface area contributed by atoms with Crippen molar-refractivity contribution in [1.82, 2.24) is 9.78 Å². The molecule has 1 N–H and O–H groups in total. The molecule has 0 bridgehead atoms. The van der Waals surface area contributed by atoms with Gasteiger partial charge in [0.1, 0.15) is 5.75 Å². The molecule has 0 spiro atoms. The maximum absolute atomic E-state index is 11.4. The summed E-state index contributed by atoms with van der Waals surface area (Å²) in [6.07, 6.45) is 3.64. The lowest BCUT2D eigenvalue weighted by Gasteiger charge is -2.05. The van der Waals surface area contributed by atoms with Gasteiger partial charge in [-0.05, 0) is 30.0 Å². The third kappa shape index (κ3) is 4.47. The molecule has 0 aliphatic rings. The number of carbonyl (C=O) groups is 1. The minimum Gasteiger partial charge on any atom is -0.471 e. The Labute approximate surface area is 127 Å². The van der Waals surface area contributed by atoms with Crippen molar-refractivity contribution >= 4 is 35.8 Å². The first kappa shape index (κ1) is 14.7. The van der Waals surface area contributed by atoms with Gasteiger partial charge in [-0.2, -0.15) is 17.7 Å². The monoisotopic (exact) mass is 311 g/mol. The fourth-order valence-electron chi connectivity index (χ4n) is 1.50. The van der Waals surface area contributed by atoms with Gasteiger partial charge in [-0.1, -0.05) is 11.6 Å². The van der Waals surface area contributed by atoms with Crippen LogP contribution in [0.15, 0.2) is 36.7 Å². The van der Waals surface area contributed by atoms with E-state index in [-0.39, 0.29) is 12.6 Å². The maximum Gasteiger partial charge on any atom is 0.225 e. The molecule has 2 rings (SSSR count). The quantitative estimate of drug-likeness (QED) is 0.807. The number of nitrogens with one attached hydrogen (secondary N) is 1. The van der Waals surface area contributed by atoms with Gasteiger partial charge in [0.25, 0.3) is 0 Å². The van der Waals surface area contributed by atoms with Crippen molar-refractivity contribution in [3.63, 3.8) is 0 Å². The Kier molecular flexibility index (Phi) is 5.31.